The largest absolute Gasteiger partial charge is 0.283 e. The van der Waals surface area contributed by atoms with Gasteiger partial charge in [-0.2, -0.15) is 0 Å². The van der Waals surface area contributed by atoms with Crippen molar-refractivity contribution in [3.8, 4) is 0 Å². The van der Waals surface area contributed by atoms with E-state index in [9.17, 15) is 9.59 Å². The Hall–Kier alpha value is -1.39. The van der Waals surface area contributed by atoms with Gasteiger partial charge in [0.25, 0.3) is 0 Å². The number of hydrogen-bond donors (Lipinski definition) is 0. The van der Waals surface area contributed by atoms with Crippen LogP contribution in [-0.4, -0.2) is 47.3 Å². The highest BCUT2D eigenvalue weighted by molar-refractivity contribution is 6.01. The molecule has 3 rings (SSSR count). The van der Waals surface area contributed by atoms with Crippen LogP contribution >= 0.6 is 12.4 Å². The third-order valence-electron chi connectivity index (χ3n) is 4.02. The molecule has 2 amide bonds. The second-order valence-corrected chi connectivity index (χ2v) is 5.25. The summed E-state index contributed by atoms with van der Waals surface area (Å²) in [7, 11) is 0. The van der Waals surface area contributed by atoms with Crippen LogP contribution in [0, 0.1) is 0 Å². The first-order valence-corrected chi connectivity index (χ1v) is 6.88. The zero-order chi connectivity index (χ0) is 13.2. The van der Waals surface area contributed by atoms with Crippen LogP contribution in [0.25, 0.3) is 0 Å². The van der Waals surface area contributed by atoms with Crippen molar-refractivity contribution in [1.82, 2.24) is 9.80 Å². The van der Waals surface area contributed by atoms with E-state index in [-0.39, 0.29) is 30.3 Å². The van der Waals surface area contributed by atoms with E-state index in [4.69, 9.17) is 0 Å². The number of rotatable bonds is 3. The highest BCUT2D eigenvalue weighted by atomic mass is 35.5. The number of carbonyl (C=O) groups is 2. The highest BCUT2D eigenvalue weighted by Crippen LogP contribution is 2.23. The van der Waals surface area contributed by atoms with Gasteiger partial charge in [0.05, 0.1) is 12.6 Å². The first kappa shape index (κ1) is 15.0. The molecule has 1 atom stereocenters. The lowest BCUT2D eigenvalue weighted by atomic mass is 10.1. The molecule has 2 aliphatic heterocycles. The molecule has 0 spiro atoms. The molecule has 0 unspecified atom stereocenters. The van der Waals surface area contributed by atoms with E-state index in [1.165, 1.54) is 4.90 Å². The van der Waals surface area contributed by atoms with E-state index in [0.29, 0.717) is 13.1 Å². The average Bonchev–Trinajstić information content (AvgIpc) is 2.88. The maximum absolute atomic E-state index is 12.3. The van der Waals surface area contributed by atoms with Gasteiger partial charge < -0.3 is 0 Å². The number of halogens is 1. The molecular formula is C15H19ClN2O2. The lowest BCUT2D eigenvalue weighted by molar-refractivity contribution is -0.154. The van der Waals surface area contributed by atoms with E-state index in [1.807, 2.05) is 35.2 Å². The fraction of sp³-hybridized carbons (Fsp3) is 0.467. The fourth-order valence-electron chi connectivity index (χ4n) is 2.98. The Balaban J connectivity index is 0.00000147. The Bertz CT molecular complexity index is 492. The van der Waals surface area contributed by atoms with Crippen LogP contribution in [0.3, 0.4) is 0 Å². The van der Waals surface area contributed by atoms with Crippen LogP contribution in [0.15, 0.2) is 30.3 Å². The molecule has 0 N–H and O–H groups in total. The molecule has 2 heterocycles. The molecule has 2 fully saturated rings. The SMILES string of the molecule is Cl.O=C1CN2CCC[C@H]2C(=O)N1CCc1ccccc1. The number of nitrogens with zero attached hydrogens (tertiary/aromatic N) is 2. The van der Waals surface area contributed by atoms with Crippen molar-refractivity contribution in [1.29, 1.82) is 0 Å². The van der Waals surface area contributed by atoms with Gasteiger partial charge in [-0.25, -0.2) is 0 Å². The summed E-state index contributed by atoms with van der Waals surface area (Å²) in [6.45, 7) is 1.80. The van der Waals surface area contributed by atoms with Gasteiger partial charge in [0, 0.05) is 6.54 Å². The summed E-state index contributed by atoms with van der Waals surface area (Å²) >= 11 is 0. The molecule has 1 aromatic carbocycles. The molecule has 20 heavy (non-hydrogen) atoms. The third kappa shape index (κ3) is 2.86. The van der Waals surface area contributed by atoms with Crippen LogP contribution in [0.5, 0.6) is 0 Å². The molecular weight excluding hydrogens is 276 g/mol. The normalized spacial score (nSPS) is 22.6. The molecule has 0 bridgehead atoms. The first-order chi connectivity index (χ1) is 9.25. The van der Waals surface area contributed by atoms with Gasteiger partial charge in [-0.15, -0.1) is 12.4 Å². The van der Waals surface area contributed by atoms with Crippen molar-refractivity contribution in [3.63, 3.8) is 0 Å². The van der Waals surface area contributed by atoms with Gasteiger partial charge in [0.15, 0.2) is 0 Å². The monoisotopic (exact) mass is 294 g/mol. The Morgan fingerprint density at radius 2 is 1.90 bits per heavy atom. The maximum atomic E-state index is 12.3. The molecule has 0 aliphatic carbocycles. The molecule has 0 radical (unpaired) electrons. The summed E-state index contributed by atoms with van der Waals surface area (Å²) < 4.78 is 0. The highest BCUT2D eigenvalue weighted by Gasteiger charge is 2.41. The molecule has 0 aromatic heterocycles. The summed E-state index contributed by atoms with van der Waals surface area (Å²) in [5.41, 5.74) is 1.16. The molecule has 108 valence electrons. The number of amides is 2. The van der Waals surface area contributed by atoms with Crippen molar-refractivity contribution in [2.24, 2.45) is 0 Å². The quantitative estimate of drug-likeness (QED) is 0.793. The minimum Gasteiger partial charge on any atom is -0.283 e. The molecule has 4 nitrogen and oxygen atoms in total. The van der Waals surface area contributed by atoms with Gasteiger partial charge >= 0.3 is 0 Å². The van der Waals surface area contributed by atoms with E-state index in [1.54, 1.807) is 0 Å². The molecule has 5 heteroatoms. The van der Waals surface area contributed by atoms with Crippen LogP contribution < -0.4 is 0 Å². The minimum absolute atomic E-state index is 0. The lowest BCUT2D eigenvalue weighted by Gasteiger charge is -2.35. The van der Waals surface area contributed by atoms with Gasteiger partial charge in [-0.3, -0.25) is 19.4 Å². The minimum atomic E-state index is -0.0477. The van der Waals surface area contributed by atoms with Crippen LogP contribution in [0.1, 0.15) is 18.4 Å². The van der Waals surface area contributed by atoms with E-state index in [2.05, 4.69) is 0 Å². The average molecular weight is 295 g/mol. The topological polar surface area (TPSA) is 40.6 Å². The smallest absolute Gasteiger partial charge is 0.246 e. The van der Waals surface area contributed by atoms with Crippen molar-refractivity contribution in [2.75, 3.05) is 19.6 Å². The standard InChI is InChI=1S/C15H18N2O2.ClH/c18-14-11-16-9-4-7-13(16)15(19)17(14)10-8-12-5-2-1-3-6-12;/h1-3,5-6,13H,4,7-11H2;1H/t13-;/m0./s1. The number of benzene rings is 1. The predicted molar refractivity (Wildman–Crippen MR) is 78.7 cm³/mol. The van der Waals surface area contributed by atoms with E-state index in [0.717, 1.165) is 31.4 Å². The van der Waals surface area contributed by atoms with Gasteiger partial charge in [0.2, 0.25) is 11.8 Å². The Morgan fingerprint density at radius 3 is 2.65 bits per heavy atom. The molecule has 1 aromatic rings. The van der Waals surface area contributed by atoms with Gasteiger partial charge in [-0.1, -0.05) is 30.3 Å². The Morgan fingerprint density at radius 1 is 1.15 bits per heavy atom. The summed E-state index contributed by atoms with van der Waals surface area (Å²) in [5.74, 6) is -0.0382. The molecule has 2 saturated heterocycles. The van der Waals surface area contributed by atoms with Crippen molar-refractivity contribution in [3.05, 3.63) is 35.9 Å². The van der Waals surface area contributed by atoms with E-state index < -0.39 is 0 Å². The van der Waals surface area contributed by atoms with Gasteiger partial charge in [-0.05, 0) is 31.4 Å². The summed E-state index contributed by atoms with van der Waals surface area (Å²) in [5, 5.41) is 0. The summed E-state index contributed by atoms with van der Waals surface area (Å²) in [6.07, 6.45) is 2.66. The van der Waals surface area contributed by atoms with E-state index >= 15 is 0 Å². The predicted octanol–water partition coefficient (Wildman–Crippen LogP) is 1.48. The summed E-state index contributed by atoms with van der Waals surface area (Å²) in [6, 6.07) is 9.94. The van der Waals surface area contributed by atoms with Crippen LogP contribution in [-0.2, 0) is 16.0 Å². The fourth-order valence-corrected chi connectivity index (χ4v) is 2.98. The van der Waals surface area contributed by atoms with Crippen LogP contribution in [0.4, 0.5) is 0 Å². The van der Waals surface area contributed by atoms with Crippen molar-refractivity contribution < 1.29 is 9.59 Å². The number of fused-ring (bicyclic) bond motifs is 1. The number of carbonyl (C=O) groups excluding carboxylic acids is 2. The number of piperazine rings is 1. The van der Waals surface area contributed by atoms with Crippen LogP contribution in [0.2, 0.25) is 0 Å². The molecule has 2 aliphatic rings. The number of hydrogen-bond acceptors (Lipinski definition) is 3. The zero-order valence-corrected chi connectivity index (χ0v) is 12.1. The second-order valence-electron chi connectivity index (χ2n) is 5.25. The maximum Gasteiger partial charge on any atom is 0.246 e. The second kappa shape index (κ2) is 6.37. The van der Waals surface area contributed by atoms with Crippen molar-refractivity contribution >= 4 is 24.2 Å². The van der Waals surface area contributed by atoms with Gasteiger partial charge in [0.1, 0.15) is 0 Å². The lowest BCUT2D eigenvalue weighted by Crippen LogP contribution is -2.57. The van der Waals surface area contributed by atoms with Crippen molar-refractivity contribution in [2.45, 2.75) is 25.3 Å². The third-order valence-corrected chi connectivity index (χ3v) is 4.02. The zero-order valence-electron chi connectivity index (χ0n) is 11.3. The number of imide groups is 1. The summed E-state index contributed by atoms with van der Waals surface area (Å²) in [4.78, 5) is 27.8. The first-order valence-electron chi connectivity index (χ1n) is 6.88. The Labute approximate surface area is 125 Å². The Kier molecular flexibility index (Phi) is 4.78. The molecule has 0 saturated carbocycles.